The molecular formula is C17H19N2O2S-. The summed E-state index contributed by atoms with van der Waals surface area (Å²) in [7, 11) is 0. The molecule has 0 spiro atoms. The minimum absolute atomic E-state index is 0.0233. The summed E-state index contributed by atoms with van der Waals surface area (Å²) < 4.78 is 26.0. The number of hydrogen-bond acceptors (Lipinski definition) is 3. The van der Waals surface area contributed by atoms with Crippen molar-refractivity contribution in [1.29, 1.82) is 0 Å². The van der Waals surface area contributed by atoms with E-state index in [2.05, 4.69) is 10.0 Å². The van der Waals surface area contributed by atoms with Crippen LogP contribution in [0, 0.1) is 0 Å². The Morgan fingerprint density at radius 2 is 1.59 bits per heavy atom. The summed E-state index contributed by atoms with van der Waals surface area (Å²) in [6.07, 6.45) is 1.97. The molecule has 3 rings (SSSR count). The molecule has 1 aliphatic heterocycles. The van der Waals surface area contributed by atoms with E-state index >= 15 is 0 Å². The third-order valence-corrected chi connectivity index (χ3v) is 4.77. The molecule has 4 nitrogen and oxygen atoms in total. The van der Waals surface area contributed by atoms with Gasteiger partial charge in [0.2, 0.25) is 0 Å². The lowest BCUT2D eigenvalue weighted by Crippen LogP contribution is -2.56. The second-order valence-electron chi connectivity index (χ2n) is 5.53. The second kappa shape index (κ2) is 6.71. The Labute approximate surface area is 133 Å². The van der Waals surface area contributed by atoms with E-state index in [1.54, 1.807) is 0 Å². The van der Waals surface area contributed by atoms with Gasteiger partial charge < -0.3 is 9.87 Å². The standard InChI is InChI=1S/C17H20N2O2S/c20-22(21)19-17(16-12-7-13-18-16,14-8-3-1-4-9-14)15-10-5-2-6-11-15/h1-6,8-11,16,18-19H,7,12-13H2,(H,20,21)/p-1. The summed E-state index contributed by atoms with van der Waals surface area (Å²) in [5, 5.41) is 3.46. The first kappa shape index (κ1) is 15.4. The molecule has 1 fully saturated rings. The lowest BCUT2D eigenvalue weighted by molar-refractivity contribution is 0.346. The van der Waals surface area contributed by atoms with Crippen LogP contribution in [0.25, 0.3) is 0 Å². The highest BCUT2D eigenvalue weighted by Crippen LogP contribution is 2.36. The predicted molar refractivity (Wildman–Crippen MR) is 86.7 cm³/mol. The molecule has 5 heteroatoms. The third-order valence-electron chi connectivity index (χ3n) is 4.29. The van der Waals surface area contributed by atoms with Gasteiger partial charge >= 0.3 is 0 Å². The van der Waals surface area contributed by atoms with Crippen molar-refractivity contribution in [2.75, 3.05) is 6.54 Å². The van der Waals surface area contributed by atoms with Gasteiger partial charge in [-0.05, 0) is 30.5 Å². The maximum absolute atomic E-state index is 11.6. The van der Waals surface area contributed by atoms with Crippen LogP contribution in [0.3, 0.4) is 0 Å². The van der Waals surface area contributed by atoms with Gasteiger partial charge in [0.1, 0.15) is 0 Å². The molecule has 2 aromatic rings. The van der Waals surface area contributed by atoms with E-state index in [-0.39, 0.29) is 6.04 Å². The quantitative estimate of drug-likeness (QED) is 0.830. The Morgan fingerprint density at radius 3 is 2.00 bits per heavy atom. The molecule has 0 amide bonds. The average molecular weight is 315 g/mol. The Bertz CT molecular complexity index is 588. The highest BCUT2D eigenvalue weighted by atomic mass is 32.2. The average Bonchev–Trinajstić information content (AvgIpc) is 3.09. The van der Waals surface area contributed by atoms with Gasteiger partial charge in [-0.2, -0.15) is 0 Å². The maximum atomic E-state index is 11.6. The van der Waals surface area contributed by atoms with E-state index in [0.717, 1.165) is 30.5 Å². The summed E-state index contributed by atoms with van der Waals surface area (Å²) in [4.78, 5) is 0. The second-order valence-corrected chi connectivity index (χ2v) is 6.20. The van der Waals surface area contributed by atoms with Gasteiger partial charge in [0, 0.05) is 17.3 Å². The Hall–Kier alpha value is -1.53. The van der Waals surface area contributed by atoms with Crippen LogP contribution in [0.2, 0.25) is 0 Å². The minimum Gasteiger partial charge on any atom is -0.760 e. The van der Waals surface area contributed by atoms with Gasteiger partial charge in [-0.3, -0.25) is 4.21 Å². The predicted octanol–water partition coefficient (Wildman–Crippen LogP) is 2.07. The zero-order chi connectivity index (χ0) is 15.4. The first-order valence-corrected chi connectivity index (χ1v) is 8.52. The van der Waals surface area contributed by atoms with Gasteiger partial charge in [0.15, 0.2) is 0 Å². The van der Waals surface area contributed by atoms with Crippen LogP contribution in [0.1, 0.15) is 24.0 Å². The Morgan fingerprint density at radius 1 is 1.05 bits per heavy atom. The molecule has 2 atom stereocenters. The van der Waals surface area contributed by atoms with Crippen molar-refractivity contribution in [1.82, 2.24) is 10.0 Å². The van der Waals surface area contributed by atoms with E-state index in [0.29, 0.717) is 0 Å². The number of nitrogens with one attached hydrogen (secondary N) is 2. The highest BCUT2D eigenvalue weighted by molar-refractivity contribution is 7.77. The van der Waals surface area contributed by atoms with Crippen LogP contribution in [-0.2, 0) is 16.8 Å². The molecule has 1 aliphatic rings. The van der Waals surface area contributed by atoms with Crippen LogP contribution in [0.4, 0.5) is 0 Å². The molecule has 1 saturated heterocycles. The topological polar surface area (TPSA) is 64.2 Å². The molecule has 0 aromatic heterocycles. The first-order valence-electron chi connectivity index (χ1n) is 7.45. The van der Waals surface area contributed by atoms with E-state index in [1.165, 1.54) is 0 Å². The van der Waals surface area contributed by atoms with Crippen LogP contribution in [0.5, 0.6) is 0 Å². The lowest BCUT2D eigenvalue weighted by Gasteiger charge is -2.41. The molecule has 1 heterocycles. The number of rotatable bonds is 5. The smallest absolute Gasteiger partial charge is 0.0948 e. The van der Waals surface area contributed by atoms with Gasteiger partial charge in [0.05, 0.1) is 5.54 Å². The lowest BCUT2D eigenvalue weighted by atomic mass is 9.77. The van der Waals surface area contributed by atoms with Crippen molar-refractivity contribution in [2.45, 2.75) is 24.4 Å². The zero-order valence-corrected chi connectivity index (χ0v) is 13.0. The highest BCUT2D eigenvalue weighted by Gasteiger charge is 2.43. The van der Waals surface area contributed by atoms with Crippen molar-refractivity contribution in [3.05, 3.63) is 71.8 Å². The minimum atomic E-state index is -2.37. The van der Waals surface area contributed by atoms with Crippen LogP contribution in [0.15, 0.2) is 60.7 Å². The van der Waals surface area contributed by atoms with E-state index in [1.807, 2.05) is 60.7 Å². The van der Waals surface area contributed by atoms with E-state index in [9.17, 15) is 8.76 Å². The first-order chi connectivity index (χ1) is 10.7. The summed E-state index contributed by atoms with van der Waals surface area (Å²) >= 11 is -2.37. The third kappa shape index (κ3) is 2.85. The van der Waals surface area contributed by atoms with Gasteiger partial charge in [-0.25, -0.2) is 4.72 Å². The van der Waals surface area contributed by atoms with Crippen LogP contribution in [-0.4, -0.2) is 21.3 Å². The van der Waals surface area contributed by atoms with E-state index in [4.69, 9.17) is 0 Å². The molecular weight excluding hydrogens is 296 g/mol. The molecule has 116 valence electrons. The van der Waals surface area contributed by atoms with Crippen molar-refractivity contribution in [3.63, 3.8) is 0 Å². The fraction of sp³-hybridized carbons (Fsp3) is 0.294. The van der Waals surface area contributed by atoms with Crippen LogP contribution >= 0.6 is 0 Å². The SMILES string of the molecule is O=S([O-])NC(c1ccccc1)(c1ccccc1)C1CCCN1. The molecule has 2 unspecified atom stereocenters. The summed E-state index contributed by atoms with van der Waals surface area (Å²) in [5.41, 5.74) is 1.11. The van der Waals surface area contributed by atoms with Crippen molar-refractivity contribution in [2.24, 2.45) is 0 Å². The molecule has 0 radical (unpaired) electrons. The zero-order valence-electron chi connectivity index (χ0n) is 12.2. The molecule has 22 heavy (non-hydrogen) atoms. The monoisotopic (exact) mass is 315 g/mol. The van der Waals surface area contributed by atoms with Crippen molar-refractivity contribution in [3.8, 4) is 0 Å². The summed E-state index contributed by atoms with van der Waals surface area (Å²) in [5.74, 6) is 0. The van der Waals surface area contributed by atoms with Crippen molar-refractivity contribution >= 4 is 11.3 Å². The van der Waals surface area contributed by atoms with Gasteiger partial charge in [-0.15, -0.1) is 0 Å². The van der Waals surface area contributed by atoms with Gasteiger partial charge in [0.25, 0.3) is 0 Å². The largest absolute Gasteiger partial charge is 0.760 e. The Kier molecular flexibility index (Phi) is 4.69. The summed E-state index contributed by atoms with van der Waals surface area (Å²) in [6.45, 7) is 0.902. The summed E-state index contributed by atoms with van der Waals surface area (Å²) in [6, 6.07) is 19.6. The molecule has 2 N–H and O–H groups in total. The van der Waals surface area contributed by atoms with Gasteiger partial charge in [-0.1, -0.05) is 60.7 Å². The molecule has 0 aliphatic carbocycles. The van der Waals surface area contributed by atoms with Crippen molar-refractivity contribution < 1.29 is 8.76 Å². The number of hydrogen-bond donors (Lipinski definition) is 2. The van der Waals surface area contributed by atoms with Crippen LogP contribution < -0.4 is 10.0 Å². The Balaban J connectivity index is 2.19. The number of benzene rings is 2. The molecule has 0 bridgehead atoms. The van der Waals surface area contributed by atoms with E-state index < -0.39 is 16.8 Å². The molecule has 0 saturated carbocycles. The molecule has 2 aromatic carbocycles. The maximum Gasteiger partial charge on any atom is 0.0948 e. The fourth-order valence-corrected chi connectivity index (χ4v) is 3.99. The fourth-order valence-electron chi connectivity index (χ4n) is 3.35. The normalized spacial score (nSPS) is 20.0.